The summed E-state index contributed by atoms with van der Waals surface area (Å²) in [6.45, 7) is 4.24. The maximum Gasteiger partial charge on any atom is 0.238 e. The molecule has 4 rings (SSSR count). The Morgan fingerprint density at radius 3 is 3.00 bits per heavy atom. The Morgan fingerprint density at radius 1 is 1.41 bits per heavy atom. The topological polar surface area (TPSA) is 104 Å². The number of hydrogen-bond donors (Lipinski definition) is 2. The Balaban J connectivity index is 1.35. The third-order valence-electron chi connectivity index (χ3n) is 5.00. The number of carbonyl (C=O) groups is 2. The summed E-state index contributed by atoms with van der Waals surface area (Å²) in [5, 5.41) is 6.07. The molecule has 3 heterocycles. The highest BCUT2D eigenvalue weighted by atomic mass is 32.2. The number of carbonyl (C=O) groups excluding carboxylic acids is 2. The molecule has 2 aromatic heterocycles. The summed E-state index contributed by atoms with van der Waals surface area (Å²) in [7, 11) is 0. The first-order chi connectivity index (χ1) is 14.0. The fourth-order valence-corrected chi connectivity index (χ4v) is 4.26. The van der Waals surface area contributed by atoms with E-state index in [1.807, 2.05) is 29.2 Å². The largest absolute Gasteiger partial charge is 0.360 e. The zero-order valence-corrected chi connectivity index (χ0v) is 17.2. The van der Waals surface area contributed by atoms with Crippen LogP contribution in [0.1, 0.15) is 37.4 Å². The average molecular weight is 414 g/mol. The van der Waals surface area contributed by atoms with Gasteiger partial charge in [-0.15, -0.1) is 11.8 Å². The summed E-state index contributed by atoms with van der Waals surface area (Å²) in [5.41, 5.74) is 1.88. The third-order valence-corrected chi connectivity index (χ3v) is 6.13. The summed E-state index contributed by atoms with van der Waals surface area (Å²) in [6, 6.07) is 9.47. The van der Waals surface area contributed by atoms with E-state index in [0.717, 1.165) is 29.7 Å². The van der Waals surface area contributed by atoms with Crippen molar-refractivity contribution < 1.29 is 14.1 Å². The lowest BCUT2D eigenvalue weighted by Crippen LogP contribution is -2.33. The van der Waals surface area contributed by atoms with Gasteiger partial charge < -0.3 is 19.7 Å². The number of benzene rings is 1. The maximum absolute atomic E-state index is 12.8. The summed E-state index contributed by atoms with van der Waals surface area (Å²) in [4.78, 5) is 35.0. The van der Waals surface area contributed by atoms with Gasteiger partial charge in [-0.25, -0.2) is 4.98 Å². The molecule has 0 spiro atoms. The molecule has 8 nitrogen and oxygen atoms in total. The maximum atomic E-state index is 12.8. The molecular weight excluding hydrogens is 390 g/mol. The minimum atomic E-state index is -0.386. The highest BCUT2D eigenvalue weighted by molar-refractivity contribution is 8.01. The molecule has 0 bridgehead atoms. The molecule has 0 aliphatic carbocycles. The molecule has 3 aromatic rings. The van der Waals surface area contributed by atoms with Crippen LogP contribution < -0.4 is 5.32 Å². The molecule has 2 N–H and O–H groups in total. The lowest BCUT2D eigenvalue weighted by atomic mass is 10.2. The number of aromatic amines is 1. The molecule has 1 aromatic carbocycles. The van der Waals surface area contributed by atoms with Gasteiger partial charge in [-0.1, -0.05) is 17.3 Å². The molecular formula is C20H23N5O3S. The van der Waals surface area contributed by atoms with Crippen LogP contribution in [0.4, 0.5) is 5.82 Å². The molecule has 9 heteroatoms. The van der Waals surface area contributed by atoms with Gasteiger partial charge >= 0.3 is 0 Å². The van der Waals surface area contributed by atoms with E-state index in [4.69, 9.17) is 4.52 Å². The second kappa shape index (κ2) is 8.28. The Hall–Kier alpha value is -2.81. The van der Waals surface area contributed by atoms with Crippen LogP contribution in [0, 0.1) is 6.92 Å². The minimum Gasteiger partial charge on any atom is -0.360 e. The zero-order valence-electron chi connectivity index (χ0n) is 16.3. The average Bonchev–Trinajstić information content (AvgIpc) is 3.44. The first-order valence-electron chi connectivity index (χ1n) is 9.61. The van der Waals surface area contributed by atoms with E-state index >= 15 is 0 Å². The highest BCUT2D eigenvalue weighted by Crippen LogP contribution is 2.32. The monoisotopic (exact) mass is 413 g/mol. The SMILES string of the molecule is Cc1cc(NC(=O)[C@H](C)SCC(=O)N2CCC[C@@H]2c2nc3ccccc3[nH]2)no1. The highest BCUT2D eigenvalue weighted by Gasteiger charge is 2.32. The van der Waals surface area contributed by atoms with Crippen LogP contribution in [-0.4, -0.2) is 49.4 Å². The molecule has 1 aliphatic heterocycles. The standard InChI is InChI=1S/C20H23N5O3S/c1-12-10-17(24-28-12)23-20(27)13(2)29-11-18(26)25-9-5-8-16(25)19-21-14-6-3-4-7-15(14)22-19/h3-4,6-7,10,13,16H,5,8-9,11H2,1-2H3,(H,21,22)(H,23,24,27)/t13-,16+/m0/s1. The number of H-pyrrole nitrogens is 1. The number of aromatic nitrogens is 3. The number of fused-ring (bicyclic) bond motifs is 1. The van der Waals surface area contributed by atoms with Gasteiger partial charge in [0.25, 0.3) is 0 Å². The summed E-state index contributed by atoms with van der Waals surface area (Å²) in [6.07, 6.45) is 1.83. The summed E-state index contributed by atoms with van der Waals surface area (Å²) < 4.78 is 4.95. The molecule has 1 aliphatic rings. The van der Waals surface area contributed by atoms with E-state index in [0.29, 0.717) is 18.1 Å². The second-order valence-corrected chi connectivity index (χ2v) is 8.48. The molecule has 1 saturated heterocycles. The van der Waals surface area contributed by atoms with Gasteiger partial charge in [0.15, 0.2) is 5.82 Å². The second-order valence-electron chi connectivity index (χ2n) is 7.15. The van der Waals surface area contributed by atoms with E-state index in [1.54, 1.807) is 19.9 Å². The van der Waals surface area contributed by atoms with E-state index in [2.05, 4.69) is 20.4 Å². The smallest absolute Gasteiger partial charge is 0.238 e. The van der Waals surface area contributed by atoms with Crippen molar-refractivity contribution in [1.82, 2.24) is 20.0 Å². The van der Waals surface area contributed by atoms with Crippen molar-refractivity contribution in [2.75, 3.05) is 17.6 Å². The van der Waals surface area contributed by atoms with Crippen LogP contribution >= 0.6 is 11.8 Å². The lowest BCUT2D eigenvalue weighted by molar-refractivity contribution is -0.129. The van der Waals surface area contributed by atoms with Gasteiger partial charge in [-0.3, -0.25) is 9.59 Å². The Bertz CT molecular complexity index is 997. The van der Waals surface area contributed by atoms with Gasteiger partial charge in [0.05, 0.1) is 28.1 Å². The Kier molecular flexibility index (Phi) is 5.57. The van der Waals surface area contributed by atoms with E-state index in [1.165, 1.54) is 11.8 Å². The molecule has 29 heavy (non-hydrogen) atoms. The van der Waals surface area contributed by atoms with Crippen LogP contribution in [0.5, 0.6) is 0 Å². The third kappa shape index (κ3) is 4.29. The van der Waals surface area contributed by atoms with Crippen LogP contribution in [0.3, 0.4) is 0 Å². The van der Waals surface area contributed by atoms with Crippen molar-refractivity contribution in [3.8, 4) is 0 Å². The van der Waals surface area contributed by atoms with Crippen molar-refractivity contribution in [3.05, 3.63) is 41.9 Å². The fraction of sp³-hybridized carbons (Fsp3) is 0.400. The summed E-state index contributed by atoms with van der Waals surface area (Å²) >= 11 is 1.32. The fourth-order valence-electron chi connectivity index (χ4n) is 3.49. The number of hydrogen-bond acceptors (Lipinski definition) is 6. The number of imidazole rings is 1. The number of amides is 2. The van der Waals surface area contributed by atoms with E-state index < -0.39 is 0 Å². The zero-order chi connectivity index (χ0) is 20.4. The van der Waals surface area contributed by atoms with Crippen molar-refractivity contribution in [2.45, 2.75) is 38.0 Å². The lowest BCUT2D eigenvalue weighted by Gasteiger charge is -2.23. The van der Waals surface area contributed by atoms with Gasteiger partial charge in [-0.2, -0.15) is 0 Å². The predicted molar refractivity (Wildman–Crippen MR) is 112 cm³/mol. The van der Waals surface area contributed by atoms with Crippen molar-refractivity contribution in [2.24, 2.45) is 0 Å². The van der Waals surface area contributed by atoms with Crippen LogP contribution in [0.15, 0.2) is 34.9 Å². The number of likely N-dealkylation sites (tertiary alicyclic amines) is 1. The van der Waals surface area contributed by atoms with Gasteiger partial charge in [-0.05, 0) is 38.8 Å². The Labute approximate surface area is 172 Å². The van der Waals surface area contributed by atoms with Crippen molar-refractivity contribution in [1.29, 1.82) is 0 Å². The number of anilines is 1. The molecule has 1 fully saturated rings. The summed E-state index contributed by atoms with van der Waals surface area (Å²) in [5.74, 6) is 1.90. The van der Waals surface area contributed by atoms with Crippen LogP contribution in [-0.2, 0) is 9.59 Å². The quantitative estimate of drug-likeness (QED) is 0.643. The van der Waals surface area contributed by atoms with E-state index in [9.17, 15) is 9.59 Å². The number of nitrogens with one attached hydrogen (secondary N) is 2. The first-order valence-corrected chi connectivity index (χ1v) is 10.7. The number of rotatable bonds is 6. The van der Waals surface area contributed by atoms with Gasteiger partial charge in [0, 0.05) is 12.6 Å². The van der Waals surface area contributed by atoms with E-state index in [-0.39, 0.29) is 28.9 Å². The number of aryl methyl sites for hydroxylation is 1. The Morgan fingerprint density at radius 2 is 2.24 bits per heavy atom. The van der Waals surface area contributed by atoms with Crippen LogP contribution in [0.25, 0.3) is 11.0 Å². The van der Waals surface area contributed by atoms with Crippen molar-refractivity contribution >= 4 is 40.4 Å². The molecule has 0 radical (unpaired) electrons. The molecule has 2 amide bonds. The molecule has 0 unspecified atom stereocenters. The van der Waals surface area contributed by atoms with Gasteiger partial charge in [0.2, 0.25) is 11.8 Å². The normalized spacial score (nSPS) is 17.6. The molecule has 0 saturated carbocycles. The van der Waals surface area contributed by atoms with Gasteiger partial charge in [0.1, 0.15) is 11.6 Å². The first kappa shape index (κ1) is 19.5. The number of nitrogens with zero attached hydrogens (tertiary/aromatic N) is 3. The van der Waals surface area contributed by atoms with Crippen molar-refractivity contribution in [3.63, 3.8) is 0 Å². The minimum absolute atomic E-state index is 0.0230. The predicted octanol–water partition coefficient (Wildman–Crippen LogP) is 3.28. The molecule has 152 valence electrons. The number of para-hydroxylation sites is 2. The number of thioether (sulfide) groups is 1. The van der Waals surface area contributed by atoms with Crippen LogP contribution in [0.2, 0.25) is 0 Å². The molecule has 2 atom stereocenters.